The minimum atomic E-state index is -6.01. The zero-order chi connectivity index (χ0) is 19.1. The monoisotopic (exact) mass is 414 g/mol. The minimum Gasteiger partial charge on any atom is -0.790 e. The molecule has 1 rings (SSSR count). The number of phosphoric ester groups is 3. The predicted molar refractivity (Wildman–Crippen MR) is 55.5 cm³/mol. The highest BCUT2D eigenvalue weighted by Crippen LogP contribution is 2.43. The maximum Gasteiger partial charge on any atom is 0.120 e. The van der Waals surface area contributed by atoms with Crippen molar-refractivity contribution in [3.63, 3.8) is 0 Å². The summed E-state index contributed by atoms with van der Waals surface area (Å²) in [6, 6.07) is 0. The van der Waals surface area contributed by atoms with Crippen molar-refractivity contribution >= 4 is 23.5 Å². The summed E-state index contributed by atoms with van der Waals surface area (Å²) in [6.07, 6.45) is -15.7. The first-order valence-corrected chi connectivity index (χ1v) is 10.1. The van der Waals surface area contributed by atoms with E-state index in [2.05, 4.69) is 13.6 Å². The Kier molecular flexibility index (Phi) is 6.90. The summed E-state index contributed by atoms with van der Waals surface area (Å²) in [5, 5.41) is 28.9. The van der Waals surface area contributed by atoms with Gasteiger partial charge in [0.1, 0.15) is 36.6 Å². The fourth-order valence-corrected chi connectivity index (χ4v) is 3.62. The van der Waals surface area contributed by atoms with Crippen LogP contribution in [-0.2, 0) is 27.3 Å². The van der Waals surface area contributed by atoms with Crippen LogP contribution in [0, 0.1) is 0 Å². The van der Waals surface area contributed by atoms with E-state index >= 15 is 0 Å². The van der Waals surface area contributed by atoms with Gasteiger partial charge in [0.2, 0.25) is 0 Å². The summed E-state index contributed by atoms with van der Waals surface area (Å²) in [5.74, 6) is 0. The van der Waals surface area contributed by atoms with Crippen molar-refractivity contribution in [1.82, 2.24) is 0 Å². The molecule has 0 aromatic heterocycles. The average molecular weight is 414 g/mol. The lowest BCUT2D eigenvalue weighted by molar-refractivity contribution is -0.371. The molecule has 18 heteroatoms. The Bertz CT molecular complexity index is 574. The highest BCUT2D eigenvalue weighted by Gasteiger charge is 2.52. The molecule has 1 aliphatic carbocycles. The van der Waals surface area contributed by atoms with Gasteiger partial charge in [-0.1, -0.05) is 0 Å². The van der Waals surface area contributed by atoms with Crippen LogP contribution in [0.4, 0.5) is 0 Å². The SMILES string of the molecule is O=P([O-])([O-])O[C@H]1[C@H](O)[C@@H](O)[C@H](OP(=O)([O-])[O-])[C@@H](OP(=O)([O-])[O-])[C@H]1O. The molecule has 24 heavy (non-hydrogen) atoms. The third kappa shape index (κ3) is 6.50. The van der Waals surface area contributed by atoms with Crippen LogP contribution in [0.3, 0.4) is 0 Å². The molecule has 0 amide bonds. The average Bonchev–Trinajstić information content (AvgIpc) is 2.32. The van der Waals surface area contributed by atoms with Crippen LogP contribution in [0.2, 0.25) is 0 Å². The van der Waals surface area contributed by atoms with Gasteiger partial charge in [0.15, 0.2) is 0 Å². The van der Waals surface area contributed by atoms with Crippen molar-refractivity contribution in [3.05, 3.63) is 0 Å². The summed E-state index contributed by atoms with van der Waals surface area (Å²) in [4.78, 5) is 63.6. The second kappa shape index (κ2) is 7.45. The van der Waals surface area contributed by atoms with E-state index in [0.29, 0.717) is 0 Å². The maximum absolute atomic E-state index is 10.6. The molecule has 0 aliphatic heterocycles. The second-order valence-electron chi connectivity index (χ2n) is 4.52. The van der Waals surface area contributed by atoms with E-state index in [-0.39, 0.29) is 0 Å². The molecule has 0 saturated heterocycles. The molecule has 0 bridgehead atoms. The maximum atomic E-state index is 10.6. The molecule has 0 aromatic carbocycles. The van der Waals surface area contributed by atoms with E-state index in [1.807, 2.05) is 0 Å². The van der Waals surface area contributed by atoms with Crippen molar-refractivity contribution < 1.29 is 71.9 Å². The molecule has 0 spiro atoms. The van der Waals surface area contributed by atoms with Gasteiger partial charge >= 0.3 is 0 Å². The van der Waals surface area contributed by atoms with Gasteiger partial charge < -0.3 is 71.9 Å². The number of hydrogen-bond donors (Lipinski definition) is 3. The topological polar surface area (TPSA) is 278 Å². The minimum absolute atomic E-state index is 2.54. The second-order valence-corrected chi connectivity index (χ2v) is 7.84. The van der Waals surface area contributed by atoms with Crippen LogP contribution in [0.15, 0.2) is 0 Å². The van der Waals surface area contributed by atoms with Crippen molar-refractivity contribution in [2.45, 2.75) is 36.6 Å². The third-order valence-corrected chi connectivity index (χ3v) is 4.28. The standard InChI is InChI=1S/C6H15O15P3/c7-1-2(8)5(20-23(13,14)15)6(21-24(16,17)18)3(9)4(1)19-22(10,11)12/h1-9H,(H2,10,11,12)(H2,13,14,15)(H2,16,17,18)/p-6/t1-,2-,3+,4+,5+,6+/m1/s1. The zero-order valence-corrected chi connectivity index (χ0v) is 13.7. The number of rotatable bonds is 6. The third-order valence-electron chi connectivity index (χ3n) is 2.77. The molecule has 144 valence electrons. The molecule has 0 heterocycles. The summed E-state index contributed by atoms with van der Waals surface area (Å²) in [7, 11) is -17.9. The molecule has 1 saturated carbocycles. The molecule has 0 aromatic rings. The summed E-state index contributed by atoms with van der Waals surface area (Å²) >= 11 is 0. The quantitative estimate of drug-likeness (QED) is 0.340. The Morgan fingerprint density at radius 3 is 1.12 bits per heavy atom. The van der Waals surface area contributed by atoms with E-state index in [9.17, 15) is 58.4 Å². The number of aliphatic hydroxyl groups excluding tert-OH is 3. The molecule has 1 fully saturated rings. The van der Waals surface area contributed by atoms with Crippen LogP contribution in [0.25, 0.3) is 0 Å². The number of hydrogen-bond acceptors (Lipinski definition) is 15. The Hall–Kier alpha value is 0.210. The lowest BCUT2D eigenvalue weighted by atomic mass is 9.85. The molecule has 15 nitrogen and oxygen atoms in total. The molecule has 6 atom stereocenters. The van der Waals surface area contributed by atoms with E-state index in [1.165, 1.54) is 0 Å². The molecular weight excluding hydrogens is 405 g/mol. The van der Waals surface area contributed by atoms with Gasteiger partial charge in [-0.2, -0.15) is 0 Å². The highest BCUT2D eigenvalue weighted by atomic mass is 31.2. The van der Waals surface area contributed by atoms with Gasteiger partial charge in [-0.15, -0.1) is 0 Å². The molecule has 0 unspecified atom stereocenters. The van der Waals surface area contributed by atoms with Gasteiger partial charge in [0.05, 0.1) is 23.5 Å². The fraction of sp³-hybridized carbons (Fsp3) is 1.00. The van der Waals surface area contributed by atoms with E-state index in [1.54, 1.807) is 0 Å². The van der Waals surface area contributed by atoms with Crippen molar-refractivity contribution in [2.75, 3.05) is 0 Å². The Morgan fingerprint density at radius 2 is 0.792 bits per heavy atom. The van der Waals surface area contributed by atoms with Crippen molar-refractivity contribution in [1.29, 1.82) is 0 Å². The number of phosphoric acid groups is 3. The van der Waals surface area contributed by atoms with Crippen LogP contribution in [0.5, 0.6) is 0 Å². The van der Waals surface area contributed by atoms with E-state index in [4.69, 9.17) is 0 Å². The van der Waals surface area contributed by atoms with Gasteiger partial charge in [-0.3, -0.25) is 0 Å². The first-order chi connectivity index (χ1) is 10.5. The largest absolute Gasteiger partial charge is 0.790 e. The van der Waals surface area contributed by atoms with E-state index in [0.717, 1.165) is 0 Å². The predicted octanol–water partition coefficient (Wildman–Crippen LogP) is -7.28. The summed E-state index contributed by atoms with van der Waals surface area (Å²) in [5.41, 5.74) is 0. The van der Waals surface area contributed by atoms with Crippen LogP contribution in [-0.4, -0.2) is 51.9 Å². The normalized spacial score (nSPS) is 35.9. The van der Waals surface area contributed by atoms with Gasteiger partial charge in [-0.25, -0.2) is 0 Å². The Balaban J connectivity index is 3.23. The summed E-state index contributed by atoms with van der Waals surface area (Å²) in [6.45, 7) is 0. The van der Waals surface area contributed by atoms with Crippen molar-refractivity contribution in [2.24, 2.45) is 0 Å². The molecular formula is C6H9O15P3-6. The van der Waals surface area contributed by atoms with Gasteiger partial charge in [0, 0.05) is 0 Å². The van der Waals surface area contributed by atoms with Crippen LogP contribution >= 0.6 is 23.5 Å². The van der Waals surface area contributed by atoms with Gasteiger partial charge in [-0.05, 0) is 0 Å². The van der Waals surface area contributed by atoms with Gasteiger partial charge in [0.25, 0.3) is 0 Å². The van der Waals surface area contributed by atoms with E-state index < -0.39 is 60.1 Å². The molecule has 0 radical (unpaired) electrons. The lowest BCUT2D eigenvalue weighted by Crippen LogP contribution is -2.66. The highest BCUT2D eigenvalue weighted by molar-refractivity contribution is 7.43. The zero-order valence-electron chi connectivity index (χ0n) is 11.0. The molecule has 3 N–H and O–H groups in total. The smallest absolute Gasteiger partial charge is 0.120 e. The Morgan fingerprint density at radius 1 is 0.542 bits per heavy atom. The van der Waals surface area contributed by atoms with Crippen LogP contribution < -0.4 is 29.4 Å². The summed E-state index contributed by atoms with van der Waals surface area (Å²) < 4.78 is 43.0. The number of aliphatic hydroxyl groups is 3. The fourth-order valence-electron chi connectivity index (χ4n) is 1.98. The van der Waals surface area contributed by atoms with Crippen molar-refractivity contribution in [3.8, 4) is 0 Å². The molecule has 1 aliphatic rings. The van der Waals surface area contributed by atoms with Crippen LogP contribution in [0.1, 0.15) is 0 Å². The Labute approximate surface area is 133 Å². The first-order valence-electron chi connectivity index (χ1n) is 5.67. The first kappa shape index (κ1) is 22.3. The lowest BCUT2D eigenvalue weighted by Gasteiger charge is -2.51.